The molecule has 7 heteroatoms. The molecule has 0 spiro atoms. The Hall–Kier alpha value is -1.79. The fourth-order valence-electron chi connectivity index (χ4n) is 1.58. The van der Waals surface area contributed by atoms with Crippen molar-refractivity contribution in [3.8, 4) is 0 Å². The van der Waals surface area contributed by atoms with Gasteiger partial charge in [0, 0.05) is 13.0 Å². The molecule has 0 unspecified atom stereocenters. The van der Waals surface area contributed by atoms with Crippen molar-refractivity contribution in [2.24, 2.45) is 0 Å². The first kappa shape index (κ1) is 18.2. The molecule has 0 rings (SSSR count). The monoisotopic (exact) mass is 288 g/mol. The van der Waals surface area contributed by atoms with Crippen molar-refractivity contribution >= 4 is 18.0 Å². The lowest BCUT2D eigenvalue weighted by Crippen LogP contribution is -2.46. The number of unbranched alkanes of at least 4 members (excludes halogenated alkanes) is 3. The van der Waals surface area contributed by atoms with Crippen LogP contribution in [0.25, 0.3) is 0 Å². The Morgan fingerprint density at radius 3 is 2.45 bits per heavy atom. The predicted molar refractivity (Wildman–Crippen MR) is 73.4 cm³/mol. The summed E-state index contributed by atoms with van der Waals surface area (Å²) < 4.78 is 4.43. The molecule has 0 fully saturated rings. The lowest BCUT2D eigenvalue weighted by atomic mass is 10.1. The quantitative estimate of drug-likeness (QED) is 0.415. The van der Waals surface area contributed by atoms with Gasteiger partial charge in [-0.3, -0.25) is 4.79 Å². The van der Waals surface area contributed by atoms with Crippen molar-refractivity contribution in [1.82, 2.24) is 10.6 Å². The molecule has 2 amide bonds. The summed E-state index contributed by atoms with van der Waals surface area (Å²) in [4.78, 5) is 33.4. The van der Waals surface area contributed by atoms with Crippen LogP contribution in [-0.2, 0) is 14.3 Å². The molecule has 0 aromatic rings. The zero-order valence-corrected chi connectivity index (χ0v) is 12.1. The number of urea groups is 1. The first-order valence-electron chi connectivity index (χ1n) is 6.85. The zero-order chi connectivity index (χ0) is 15.4. The Morgan fingerprint density at radius 2 is 1.90 bits per heavy atom. The highest BCUT2D eigenvalue weighted by molar-refractivity contribution is 5.83. The molecule has 0 radical (unpaired) electrons. The van der Waals surface area contributed by atoms with Crippen molar-refractivity contribution in [3.63, 3.8) is 0 Å². The first-order valence-corrected chi connectivity index (χ1v) is 6.85. The smallest absolute Gasteiger partial charge is 0.326 e. The third-order valence-corrected chi connectivity index (χ3v) is 2.78. The van der Waals surface area contributed by atoms with Gasteiger partial charge in [-0.05, 0) is 12.8 Å². The number of rotatable bonds is 10. The van der Waals surface area contributed by atoms with Crippen LogP contribution >= 0.6 is 0 Å². The molecule has 7 nitrogen and oxygen atoms in total. The van der Waals surface area contributed by atoms with Gasteiger partial charge in [0.2, 0.25) is 0 Å². The maximum atomic E-state index is 11.5. The van der Waals surface area contributed by atoms with E-state index in [1.165, 1.54) is 7.11 Å². The van der Waals surface area contributed by atoms with Crippen LogP contribution < -0.4 is 10.6 Å². The number of hydrogen-bond acceptors (Lipinski definition) is 4. The van der Waals surface area contributed by atoms with E-state index >= 15 is 0 Å². The second-order valence-electron chi connectivity index (χ2n) is 4.47. The van der Waals surface area contributed by atoms with E-state index in [0.717, 1.165) is 25.7 Å². The number of amides is 2. The van der Waals surface area contributed by atoms with Crippen molar-refractivity contribution in [2.75, 3.05) is 13.7 Å². The molecule has 0 aliphatic carbocycles. The van der Waals surface area contributed by atoms with E-state index in [0.29, 0.717) is 6.54 Å². The molecular formula is C13H24N2O5. The summed E-state index contributed by atoms with van der Waals surface area (Å²) in [6.45, 7) is 2.61. The van der Waals surface area contributed by atoms with Crippen LogP contribution in [0.2, 0.25) is 0 Å². The van der Waals surface area contributed by atoms with Gasteiger partial charge in [0.05, 0.1) is 7.11 Å². The summed E-state index contributed by atoms with van der Waals surface area (Å²) >= 11 is 0. The summed E-state index contributed by atoms with van der Waals surface area (Å²) in [5, 5.41) is 13.9. The van der Waals surface area contributed by atoms with Crippen LogP contribution in [0, 0.1) is 0 Å². The summed E-state index contributed by atoms with van der Waals surface area (Å²) in [5.41, 5.74) is 0. The molecule has 1 atom stereocenters. The van der Waals surface area contributed by atoms with Gasteiger partial charge in [0.25, 0.3) is 0 Å². The van der Waals surface area contributed by atoms with Gasteiger partial charge in [-0.1, -0.05) is 26.2 Å². The van der Waals surface area contributed by atoms with Gasteiger partial charge in [-0.2, -0.15) is 0 Å². The SMILES string of the molecule is CCCCCCNC(=O)N[C@H](CCC(=O)OC)C(=O)O. The number of carboxylic acids is 1. The van der Waals surface area contributed by atoms with Crippen LogP contribution in [0.15, 0.2) is 0 Å². The molecule has 116 valence electrons. The van der Waals surface area contributed by atoms with Gasteiger partial charge in [-0.15, -0.1) is 0 Å². The van der Waals surface area contributed by atoms with Gasteiger partial charge < -0.3 is 20.5 Å². The van der Waals surface area contributed by atoms with Crippen LogP contribution in [-0.4, -0.2) is 42.8 Å². The standard InChI is InChI=1S/C13H24N2O5/c1-3-4-5-6-9-14-13(19)15-10(12(17)18)7-8-11(16)20-2/h10H,3-9H2,1-2H3,(H,17,18)(H2,14,15,19)/t10-/m1/s1. The Balaban J connectivity index is 3.96. The van der Waals surface area contributed by atoms with Crippen LogP contribution in [0.5, 0.6) is 0 Å². The predicted octanol–water partition coefficient (Wildman–Crippen LogP) is 1.27. The minimum Gasteiger partial charge on any atom is -0.480 e. The van der Waals surface area contributed by atoms with Crippen LogP contribution in [0.1, 0.15) is 45.4 Å². The molecule has 0 saturated carbocycles. The van der Waals surface area contributed by atoms with E-state index in [9.17, 15) is 14.4 Å². The number of esters is 1. The van der Waals surface area contributed by atoms with Crippen molar-refractivity contribution in [2.45, 2.75) is 51.5 Å². The average Bonchev–Trinajstić information content (AvgIpc) is 2.42. The molecule has 0 saturated heterocycles. The Morgan fingerprint density at radius 1 is 1.20 bits per heavy atom. The highest BCUT2D eigenvalue weighted by atomic mass is 16.5. The Kier molecular flexibility index (Phi) is 10.1. The number of carboxylic acid groups (broad SMARTS) is 1. The number of aliphatic carboxylic acids is 1. The number of nitrogens with one attached hydrogen (secondary N) is 2. The van der Waals surface area contributed by atoms with E-state index in [1.807, 2.05) is 0 Å². The molecule has 0 aromatic heterocycles. The largest absolute Gasteiger partial charge is 0.480 e. The third kappa shape index (κ3) is 9.18. The summed E-state index contributed by atoms with van der Waals surface area (Å²) in [5.74, 6) is -1.67. The van der Waals surface area contributed by atoms with Gasteiger partial charge in [-0.25, -0.2) is 9.59 Å². The second-order valence-corrected chi connectivity index (χ2v) is 4.47. The summed E-state index contributed by atoms with van der Waals surface area (Å²) in [7, 11) is 1.23. The lowest BCUT2D eigenvalue weighted by Gasteiger charge is -2.14. The molecule has 0 bridgehead atoms. The summed E-state index contributed by atoms with van der Waals surface area (Å²) in [6, 6.07) is -1.62. The minimum absolute atomic E-state index is 0.00522. The number of methoxy groups -OCH3 is 1. The topological polar surface area (TPSA) is 105 Å². The second kappa shape index (κ2) is 11.1. The van der Waals surface area contributed by atoms with E-state index in [1.54, 1.807) is 0 Å². The maximum Gasteiger partial charge on any atom is 0.326 e. The number of hydrogen-bond donors (Lipinski definition) is 3. The van der Waals surface area contributed by atoms with E-state index < -0.39 is 24.0 Å². The first-order chi connectivity index (χ1) is 9.51. The van der Waals surface area contributed by atoms with Gasteiger partial charge >= 0.3 is 18.0 Å². The number of carbonyl (C=O) groups excluding carboxylic acids is 2. The van der Waals surface area contributed by atoms with Crippen LogP contribution in [0.4, 0.5) is 4.79 Å². The molecule has 0 aromatic carbocycles. The summed E-state index contributed by atoms with van der Waals surface area (Å²) in [6.07, 6.45) is 4.07. The number of carbonyl (C=O) groups is 3. The fraction of sp³-hybridized carbons (Fsp3) is 0.769. The molecule has 0 heterocycles. The Labute approximate surface area is 119 Å². The molecule has 0 aliphatic rings. The Bertz CT molecular complexity index is 320. The van der Waals surface area contributed by atoms with Gasteiger partial charge in [0.15, 0.2) is 0 Å². The zero-order valence-electron chi connectivity index (χ0n) is 12.1. The molecule has 0 aliphatic heterocycles. The third-order valence-electron chi connectivity index (χ3n) is 2.78. The molecule has 3 N–H and O–H groups in total. The van der Waals surface area contributed by atoms with Crippen molar-refractivity contribution in [1.29, 1.82) is 0 Å². The van der Waals surface area contributed by atoms with Crippen molar-refractivity contribution in [3.05, 3.63) is 0 Å². The normalized spacial score (nSPS) is 11.5. The van der Waals surface area contributed by atoms with E-state index in [-0.39, 0.29) is 12.8 Å². The maximum absolute atomic E-state index is 11.5. The minimum atomic E-state index is -1.17. The van der Waals surface area contributed by atoms with Crippen LogP contribution in [0.3, 0.4) is 0 Å². The van der Waals surface area contributed by atoms with E-state index in [4.69, 9.17) is 5.11 Å². The number of ether oxygens (including phenoxy) is 1. The highest BCUT2D eigenvalue weighted by Crippen LogP contribution is 2.00. The van der Waals surface area contributed by atoms with Crippen molar-refractivity contribution < 1.29 is 24.2 Å². The van der Waals surface area contributed by atoms with E-state index in [2.05, 4.69) is 22.3 Å². The lowest BCUT2D eigenvalue weighted by molar-refractivity contribution is -0.142. The fourth-order valence-corrected chi connectivity index (χ4v) is 1.58. The molecule has 20 heavy (non-hydrogen) atoms. The van der Waals surface area contributed by atoms with Gasteiger partial charge in [0.1, 0.15) is 6.04 Å². The highest BCUT2D eigenvalue weighted by Gasteiger charge is 2.20. The molecular weight excluding hydrogens is 264 g/mol. The average molecular weight is 288 g/mol.